The van der Waals surface area contributed by atoms with Crippen molar-refractivity contribution in [1.29, 1.82) is 0 Å². The SMILES string of the molecule is CCC(C(=O)NC1CCCCC1)N(Cc1ccc(OC)cc1)C(=O)CN(c1ccc(Cl)cc1Cl)S(=O)(=O)c1ccccc1. The lowest BCUT2D eigenvalue weighted by atomic mass is 9.95. The molecule has 0 radical (unpaired) electrons. The van der Waals surface area contributed by atoms with Crippen LogP contribution in [0.3, 0.4) is 0 Å². The van der Waals surface area contributed by atoms with Crippen LogP contribution in [-0.2, 0) is 26.2 Å². The maximum Gasteiger partial charge on any atom is 0.264 e. The number of halogens is 2. The fourth-order valence-corrected chi connectivity index (χ4v) is 7.32. The van der Waals surface area contributed by atoms with E-state index in [1.807, 2.05) is 19.1 Å². The molecule has 1 unspecified atom stereocenters. The number of methoxy groups -OCH3 is 1. The molecule has 0 aliphatic heterocycles. The number of ether oxygens (including phenoxy) is 1. The van der Waals surface area contributed by atoms with Crippen molar-refractivity contribution in [2.75, 3.05) is 18.0 Å². The van der Waals surface area contributed by atoms with Crippen molar-refractivity contribution in [3.8, 4) is 5.75 Å². The number of hydrogen-bond acceptors (Lipinski definition) is 5. The Kier molecular flexibility index (Phi) is 11.3. The van der Waals surface area contributed by atoms with Crippen molar-refractivity contribution in [3.63, 3.8) is 0 Å². The van der Waals surface area contributed by atoms with E-state index in [1.54, 1.807) is 37.4 Å². The van der Waals surface area contributed by atoms with Gasteiger partial charge < -0.3 is 15.0 Å². The van der Waals surface area contributed by atoms with Crippen LogP contribution >= 0.6 is 23.2 Å². The normalized spacial score (nSPS) is 14.5. The molecular weight excluding hydrogens is 609 g/mol. The quantitative estimate of drug-likeness (QED) is 0.244. The summed E-state index contributed by atoms with van der Waals surface area (Å²) in [7, 11) is -2.67. The summed E-state index contributed by atoms with van der Waals surface area (Å²) >= 11 is 12.6. The van der Waals surface area contributed by atoms with E-state index >= 15 is 0 Å². The number of carbonyl (C=O) groups excluding carboxylic acids is 2. The fraction of sp³-hybridized carbons (Fsp3) is 0.375. The van der Waals surface area contributed by atoms with Crippen molar-refractivity contribution in [2.24, 2.45) is 0 Å². The van der Waals surface area contributed by atoms with E-state index in [-0.39, 0.29) is 34.1 Å². The minimum absolute atomic E-state index is 0.00222. The van der Waals surface area contributed by atoms with E-state index in [2.05, 4.69) is 5.32 Å². The Balaban J connectivity index is 1.72. The average molecular weight is 647 g/mol. The Labute approximate surface area is 264 Å². The summed E-state index contributed by atoms with van der Waals surface area (Å²) < 4.78 is 34.2. The van der Waals surface area contributed by atoms with Crippen molar-refractivity contribution >= 4 is 50.7 Å². The van der Waals surface area contributed by atoms with Gasteiger partial charge in [-0.25, -0.2) is 8.42 Å². The fourth-order valence-electron chi connectivity index (χ4n) is 5.31. The van der Waals surface area contributed by atoms with Gasteiger partial charge in [-0.15, -0.1) is 0 Å². The number of rotatable bonds is 12. The Hall–Kier alpha value is -3.27. The zero-order valence-corrected chi connectivity index (χ0v) is 26.7. The lowest BCUT2D eigenvalue weighted by Crippen LogP contribution is -2.54. The first-order valence-corrected chi connectivity index (χ1v) is 16.6. The summed E-state index contributed by atoms with van der Waals surface area (Å²) in [6.45, 7) is 1.35. The van der Waals surface area contributed by atoms with Gasteiger partial charge in [-0.1, -0.05) is 79.7 Å². The van der Waals surface area contributed by atoms with Gasteiger partial charge in [0.05, 0.1) is 22.7 Å². The number of nitrogens with one attached hydrogen (secondary N) is 1. The maximum absolute atomic E-state index is 14.3. The highest BCUT2D eigenvalue weighted by molar-refractivity contribution is 7.92. The molecule has 1 fully saturated rings. The third-order valence-electron chi connectivity index (χ3n) is 7.64. The summed E-state index contributed by atoms with van der Waals surface area (Å²) in [5, 5.41) is 3.54. The van der Waals surface area contributed by atoms with Crippen LogP contribution in [0.4, 0.5) is 5.69 Å². The molecule has 11 heteroatoms. The standard InChI is InChI=1S/C32H37Cl2N3O5S/c1-3-29(32(39)35-25-10-6-4-7-11-25)36(21-23-14-17-26(42-2)18-15-23)31(38)22-37(30-19-16-24(33)20-28(30)34)43(40,41)27-12-8-5-9-13-27/h5,8-9,12-20,25,29H,3-4,6-7,10-11,21-22H2,1-2H3,(H,35,39). The van der Waals surface area contributed by atoms with E-state index < -0.39 is 28.5 Å². The Morgan fingerprint density at radius 2 is 1.65 bits per heavy atom. The van der Waals surface area contributed by atoms with Gasteiger partial charge in [0.2, 0.25) is 11.8 Å². The highest BCUT2D eigenvalue weighted by Crippen LogP contribution is 2.33. The Morgan fingerprint density at radius 3 is 2.26 bits per heavy atom. The van der Waals surface area contributed by atoms with Gasteiger partial charge in [-0.3, -0.25) is 13.9 Å². The van der Waals surface area contributed by atoms with Gasteiger partial charge in [0.1, 0.15) is 18.3 Å². The van der Waals surface area contributed by atoms with Crippen LogP contribution in [-0.4, -0.2) is 50.9 Å². The molecule has 8 nitrogen and oxygen atoms in total. The summed E-state index contributed by atoms with van der Waals surface area (Å²) in [5.41, 5.74) is 0.868. The smallest absolute Gasteiger partial charge is 0.264 e. The van der Waals surface area contributed by atoms with Gasteiger partial charge in [0, 0.05) is 17.6 Å². The molecular formula is C32H37Cl2N3O5S. The number of anilines is 1. The van der Waals surface area contributed by atoms with Crippen LogP contribution in [0, 0.1) is 0 Å². The van der Waals surface area contributed by atoms with E-state index in [4.69, 9.17) is 27.9 Å². The Morgan fingerprint density at radius 1 is 0.977 bits per heavy atom. The lowest BCUT2D eigenvalue weighted by molar-refractivity contribution is -0.140. The second kappa shape index (κ2) is 14.9. The van der Waals surface area contributed by atoms with Gasteiger partial charge in [0.15, 0.2) is 0 Å². The molecule has 3 aromatic carbocycles. The van der Waals surface area contributed by atoms with Gasteiger partial charge in [-0.05, 0) is 67.3 Å². The summed E-state index contributed by atoms with van der Waals surface area (Å²) in [5.74, 6) is -0.147. The van der Waals surface area contributed by atoms with Crippen LogP contribution in [0.1, 0.15) is 51.0 Å². The topological polar surface area (TPSA) is 96.0 Å². The predicted octanol–water partition coefficient (Wildman–Crippen LogP) is 6.45. The Bertz CT molecular complexity index is 1500. The number of carbonyl (C=O) groups is 2. The third kappa shape index (κ3) is 8.22. The number of benzene rings is 3. The predicted molar refractivity (Wildman–Crippen MR) is 170 cm³/mol. The summed E-state index contributed by atoms with van der Waals surface area (Å²) in [6.07, 6.45) is 5.37. The van der Waals surface area contributed by atoms with E-state index in [0.29, 0.717) is 17.2 Å². The highest BCUT2D eigenvalue weighted by atomic mass is 35.5. The van der Waals surface area contributed by atoms with Crippen molar-refractivity contribution in [3.05, 3.63) is 88.4 Å². The molecule has 1 N–H and O–H groups in total. The highest BCUT2D eigenvalue weighted by Gasteiger charge is 2.35. The van der Waals surface area contributed by atoms with E-state index in [9.17, 15) is 18.0 Å². The molecule has 1 aliphatic carbocycles. The molecule has 0 bridgehead atoms. The molecule has 0 spiro atoms. The van der Waals surface area contributed by atoms with E-state index in [1.165, 1.54) is 35.2 Å². The molecule has 0 saturated heterocycles. The van der Waals surface area contributed by atoms with Crippen molar-refractivity contribution in [2.45, 2.75) is 69.0 Å². The second-order valence-electron chi connectivity index (χ2n) is 10.6. The first kappa shape index (κ1) is 32.6. The van der Waals surface area contributed by atoms with Crippen LogP contribution in [0.5, 0.6) is 5.75 Å². The number of hydrogen-bond donors (Lipinski definition) is 1. The average Bonchev–Trinajstić information content (AvgIpc) is 3.01. The van der Waals surface area contributed by atoms with Crippen LogP contribution in [0.2, 0.25) is 10.0 Å². The third-order valence-corrected chi connectivity index (χ3v) is 9.95. The zero-order valence-electron chi connectivity index (χ0n) is 24.3. The van der Waals surface area contributed by atoms with Crippen LogP contribution < -0.4 is 14.4 Å². The van der Waals surface area contributed by atoms with Crippen molar-refractivity contribution in [1.82, 2.24) is 10.2 Å². The lowest BCUT2D eigenvalue weighted by Gasteiger charge is -2.34. The van der Waals surface area contributed by atoms with Gasteiger partial charge >= 0.3 is 0 Å². The molecule has 3 aromatic rings. The molecule has 0 heterocycles. The first-order chi connectivity index (χ1) is 20.6. The summed E-state index contributed by atoms with van der Waals surface area (Å²) in [6, 6.07) is 18.7. The molecule has 43 heavy (non-hydrogen) atoms. The molecule has 1 aliphatic rings. The molecule has 1 atom stereocenters. The van der Waals surface area contributed by atoms with E-state index in [0.717, 1.165) is 42.0 Å². The second-order valence-corrected chi connectivity index (χ2v) is 13.3. The maximum atomic E-state index is 14.3. The first-order valence-electron chi connectivity index (χ1n) is 14.4. The van der Waals surface area contributed by atoms with Gasteiger partial charge in [0.25, 0.3) is 10.0 Å². The number of amides is 2. The molecule has 0 aromatic heterocycles. The van der Waals surface area contributed by atoms with Crippen LogP contribution in [0.15, 0.2) is 77.7 Å². The number of nitrogens with zero attached hydrogens (tertiary/aromatic N) is 2. The minimum atomic E-state index is -4.23. The largest absolute Gasteiger partial charge is 0.497 e. The number of sulfonamides is 1. The zero-order chi connectivity index (χ0) is 31.0. The minimum Gasteiger partial charge on any atom is -0.497 e. The molecule has 1 saturated carbocycles. The van der Waals surface area contributed by atoms with Gasteiger partial charge in [-0.2, -0.15) is 0 Å². The summed E-state index contributed by atoms with van der Waals surface area (Å²) in [4.78, 5) is 29.4. The molecule has 4 rings (SSSR count). The monoisotopic (exact) mass is 645 g/mol. The molecule has 230 valence electrons. The molecule has 2 amide bonds. The van der Waals surface area contributed by atoms with Crippen molar-refractivity contribution < 1.29 is 22.7 Å². The van der Waals surface area contributed by atoms with Crippen LogP contribution in [0.25, 0.3) is 0 Å².